The van der Waals surface area contributed by atoms with Crippen molar-refractivity contribution in [2.24, 2.45) is 0 Å². The molecule has 4 aromatic heterocycles. The van der Waals surface area contributed by atoms with Crippen LogP contribution in [-0.4, -0.2) is 26.5 Å². The summed E-state index contributed by atoms with van der Waals surface area (Å²) in [6.07, 6.45) is 4.08. The molecule has 0 amide bonds. The van der Waals surface area contributed by atoms with E-state index in [1.807, 2.05) is 4.68 Å². The molecule has 2 aliphatic rings. The van der Waals surface area contributed by atoms with Gasteiger partial charge in [0.05, 0.1) is 28.0 Å². The van der Waals surface area contributed by atoms with Gasteiger partial charge >= 0.3 is 0 Å². The second-order valence-electron chi connectivity index (χ2n) is 9.74. The highest BCUT2D eigenvalue weighted by atomic mass is 16.7. The molecule has 10 nitrogen and oxygen atoms in total. The second kappa shape index (κ2) is 7.16. The predicted molar refractivity (Wildman–Crippen MR) is 138 cm³/mol. The van der Waals surface area contributed by atoms with Crippen LogP contribution in [0.5, 0.6) is 11.5 Å². The molecule has 0 spiro atoms. The number of nitrogens with zero attached hydrogens (tertiary/aromatic N) is 1. The van der Waals surface area contributed by atoms with E-state index in [9.17, 15) is 14.4 Å². The number of nitrogens with one attached hydrogen (secondary N) is 3. The standard InChI is InChI=1S/C27H20N4O6/c32-14-5-6-15-18(9-14)37-24-21(16-7-12-8-19-20(36-11-35-19)10-17(12)28-26(16)33)22-25(29-23(15)24)31(30-27(22)34)13-3-1-2-4-13/h5-10,13,29H,1-4,11H2,(H,28,33)(H,30,34). The highest BCUT2D eigenvalue weighted by Gasteiger charge is 2.27. The van der Waals surface area contributed by atoms with Crippen molar-refractivity contribution in [1.29, 1.82) is 0 Å². The van der Waals surface area contributed by atoms with Crippen LogP contribution in [0, 0.1) is 0 Å². The highest BCUT2D eigenvalue weighted by Crippen LogP contribution is 2.40. The number of hydrogen-bond acceptors (Lipinski definition) is 6. The van der Waals surface area contributed by atoms with Crippen LogP contribution in [0.4, 0.5) is 0 Å². The molecular formula is C27H20N4O6. The van der Waals surface area contributed by atoms with Crippen molar-refractivity contribution in [1.82, 2.24) is 19.7 Å². The summed E-state index contributed by atoms with van der Waals surface area (Å²) in [6.45, 7) is 0.114. The first-order valence-corrected chi connectivity index (χ1v) is 12.2. The van der Waals surface area contributed by atoms with Crippen molar-refractivity contribution in [3.8, 4) is 22.6 Å². The van der Waals surface area contributed by atoms with Gasteiger partial charge in [0.1, 0.15) is 11.2 Å². The van der Waals surface area contributed by atoms with Crippen LogP contribution in [0.2, 0.25) is 0 Å². The van der Waals surface area contributed by atoms with Crippen molar-refractivity contribution in [3.63, 3.8) is 0 Å². The number of aromatic amines is 3. The summed E-state index contributed by atoms with van der Waals surface area (Å²) in [4.78, 5) is 45.4. The number of rotatable bonds is 2. The molecule has 1 aliphatic carbocycles. The molecule has 10 heteroatoms. The smallest absolute Gasteiger partial charge is 0.274 e. The molecule has 3 N–H and O–H groups in total. The summed E-state index contributed by atoms with van der Waals surface area (Å²) in [7, 11) is 0. The summed E-state index contributed by atoms with van der Waals surface area (Å²) in [5.41, 5.74) is 2.31. The van der Waals surface area contributed by atoms with Crippen LogP contribution in [-0.2, 0) is 0 Å². The fourth-order valence-electron chi connectivity index (χ4n) is 5.89. The Morgan fingerprint density at radius 2 is 1.70 bits per heavy atom. The molecule has 1 fully saturated rings. The molecule has 0 saturated heterocycles. The number of H-pyrrole nitrogens is 3. The topological polar surface area (TPSA) is 135 Å². The minimum Gasteiger partial charge on any atom is -0.454 e. The van der Waals surface area contributed by atoms with Gasteiger partial charge in [-0.3, -0.25) is 24.2 Å². The van der Waals surface area contributed by atoms with Gasteiger partial charge in [-0.05, 0) is 37.1 Å². The fourth-order valence-corrected chi connectivity index (χ4v) is 5.89. The lowest BCUT2D eigenvalue weighted by Crippen LogP contribution is -2.11. The van der Waals surface area contributed by atoms with Crippen molar-refractivity contribution in [2.75, 3.05) is 6.79 Å². The van der Waals surface area contributed by atoms with Gasteiger partial charge < -0.3 is 23.9 Å². The van der Waals surface area contributed by atoms with Crippen LogP contribution in [0.1, 0.15) is 31.7 Å². The third kappa shape index (κ3) is 2.83. The molecule has 0 unspecified atom stereocenters. The van der Waals surface area contributed by atoms with Crippen LogP contribution in [0.25, 0.3) is 55.1 Å². The van der Waals surface area contributed by atoms with Crippen LogP contribution in [0.15, 0.2) is 55.2 Å². The van der Waals surface area contributed by atoms with Crippen molar-refractivity contribution >= 4 is 44.0 Å². The molecule has 0 bridgehead atoms. The first kappa shape index (κ1) is 20.5. The Hall–Kier alpha value is -4.73. The number of hydrogen-bond donors (Lipinski definition) is 3. The number of furan rings is 1. The molecule has 6 aromatic rings. The van der Waals surface area contributed by atoms with Gasteiger partial charge in [0.15, 0.2) is 22.5 Å². The minimum absolute atomic E-state index is 0.114. The molecule has 5 heterocycles. The third-order valence-electron chi connectivity index (χ3n) is 7.61. The van der Waals surface area contributed by atoms with Crippen LogP contribution < -0.4 is 26.0 Å². The molecule has 8 rings (SSSR count). The van der Waals surface area contributed by atoms with Crippen molar-refractivity contribution < 1.29 is 13.9 Å². The Kier molecular flexibility index (Phi) is 3.96. The minimum atomic E-state index is -0.377. The maximum atomic E-state index is 13.5. The van der Waals surface area contributed by atoms with Gasteiger partial charge in [0.25, 0.3) is 11.1 Å². The normalized spacial score (nSPS) is 15.7. The number of pyridine rings is 2. The number of ether oxygens (including phenoxy) is 2. The van der Waals surface area contributed by atoms with E-state index in [-0.39, 0.29) is 34.9 Å². The van der Waals surface area contributed by atoms with Gasteiger partial charge in [-0.25, -0.2) is 0 Å². The van der Waals surface area contributed by atoms with Crippen LogP contribution >= 0.6 is 0 Å². The maximum absolute atomic E-state index is 13.5. The Balaban J connectivity index is 1.53. The van der Waals surface area contributed by atoms with E-state index < -0.39 is 0 Å². The summed E-state index contributed by atoms with van der Waals surface area (Å²) in [5, 5.41) is 4.76. The van der Waals surface area contributed by atoms with Gasteiger partial charge in [-0.2, -0.15) is 0 Å². The van der Waals surface area contributed by atoms with E-state index in [0.29, 0.717) is 55.7 Å². The lowest BCUT2D eigenvalue weighted by atomic mass is 10.0. The first-order chi connectivity index (χ1) is 18.0. The zero-order valence-corrected chi connectivity index (χ0v) is 19.5. The molecule has 1 aliphatic heterocycles. The zero-order valence-electron chi connectivity index (χ0n) is 19.5. The third-order valence-corrected chi connectivity index (χ3v) is 7.61. The van der Waals surface area contributed by atoms with Gasteiger partial charge in [0, 0.05) is 28.5 Å². The van der Waals surface area contributed by atoms with E-state index in [4.69, 9.17) is 13.9 Å². The Morgan fingerprint density at radius 1 is 0.892 bits per heavy atom. The zero-order chi connectivity index (χ0) is 24.8. The highest BCUT2D eigenvalue weighted by molar-refractivity contribution is 6.14. The Labute approximate surface area is 206 Å². The molecule has 0 radical (unpaired) electrons. The van der Waals surface area contributed by atoms with E-state index in [2.05, 4.69) is 15.1 Å². The lowest BCUT2D eigenvalue weighted by Gasteiger charge is -2.13. The summed E-state index contributed by atoms with van der Waals surface area (Å²) in [5.74, 6) is 1.14. The number of fused-ring (bicyclic) bond motifs is 6. The lowest BCUT2D eigenvalue weighted by molar-refractivity contribution is 0.174. The molecule has 1 saturated carbocycles. The van der Waals surface area contributed by atoms with E-state index in [1.165, 1.54) is 12.1 Å². The monoisotopic (exact) mass is 496 g/mol. The number of benzene rings is 2. The van der Waals surface area contributed by atoms with E-state index >= 15 is 0 Å². The quantitative estimate of drug-likeness (QED) is 0.328. The molecule has 37 heavy (non-hydrogen) atoms. The van der Waals surface area contributed by atoms with Crippen molar-refractivity contribution in [2.45, 2.75) is 31.7 Å². The van der Waals surface area contributed by atoms with E-state index in [1.54, 1.807) is 24.3 Å². The fraction of sp³-hybridized carbons (Fsp3) is 0.222. The maximum Gasteiger partial charge on any atom is 0.274 e. The number of aromatic nitrogens is 4. The summed E-state index contributed by atoms with van der Waals surface area (Å²) < 4.78 is 19.0. The largest absolute Gasteiger partial charge is 0.454 e. The van der Waals surface area contributed by atoms with E-state index in [0.717, 1.165) is 31.1 Å². The Bertz CT molecular complexity index is 2100. The predicted octanol–water partition coefficient (Wildman–Crippen LogP) is 4.27. The Morgan fingerprint density at radius 3 is 2.54 bits per heavy atom. The first-order valence-electron chi connectivity index (χ1n) is 12.2. The average Bonchev–Trinajstić information content (AvgIpc) is 3.67. The van der Waals surface area contributed by atoms with Gasteiger partial charge in [-0.1, -0.05) is 12.8 Å². The SMILES string of the molecule is O=c1ccc2c(c1)oc1c(-c3cc4cc5c(cc4[nH]c3=O)OCO5)c3c(=O)[nH]n(C4CCCC4)c3[nH]c12. The summed E-state index contributed by atoms with van der Waals surface area (Å²) >= 11 is 0. The second-order valence-corrected chi connectivity index (χ2v) is 9.74. The van der Waals surface area contributed by atoms with Crippen LogP contribution in [0.3, 0.4) is 0 Å². The molecular weight excluding hydrogens is 476 g/mol. The summed E-state index contributed by atoms with van der Waals surface area (Å²) in [6, 6.07) is 10.0. The molecule has 184 valence electrons. The molecule has 0 atom stereocenters. The molecule has 2 aromatic carbocycles. The average molecular weight is 496 g/mol. The van der Waals surface area contributed by atoms with Crippen molar-refractivity contribution in [3.05, 3.63) is 67.3 Å². The van der Waals surface area contributed by atoms with Gasteiger partial charge in [0.2, 0.25) is 6.79 Å². The van der Waals surface area contributed by atoms with Gasteiger partial charge in [-0.15, -0.1) is 0 Å².